The zero-order chi connectivity index (χ0) is 10.8. The highest BCUT2D eigenvalue weighted by Gasteiger charge is 2.27. The molecule has 0 aromatic heterocycles. The Kier molecular flexibility index (Phi) is 2.95. The van der Waals surface area contributed by atoms with E-state index in [9.17, 15) is 0 Å². The summed E-state index contributed by atoms with van der Waals surface area (Å²) < 4.78 is 0. The minimum absolute atomic E-state index is 0.171. The van der Waals surface area contributed by atoms with E-state index in [0.29, 0.717) is 5.46 Å². The van der Waals surface area contributed by atoms with Crippen LogP contribution in [0.25, 0.3) is 0 Å². The lowest BCUT2D eigenvalue weighted by Gasteiger charge is -2.42. The van der Waals surface area contributed by atoms with Crippen LogP contribution in [-0.4, -0.2) is 41.5 Å². The predicted octanol–water partition coefficient (Wildman–Crippen LogP) is -1.06. The molecule has 2 rings (SSSR count). The summed E-state index contributed by atoms with van der Waals surface area (Å²) in [5.41, 5.74) is 1.50. The molecule has 15 heavy (non-hydrogen) atoms. The third-order valence-corrected chi connectivity index (χ3v) is 2.88. The van der Waals surface area contributed by atoms with Crippen molar-refractivity contribution < 1.29 is 15.2 Å². The van der Waals surface area contributed by atoms with Gasteiger partial charge >= 0.3 is 7.12 Å². The molecule has 1 aliphatic rings. The van der Waals surface area contributed by atoms with Gasteiger partial charge in [0.2, 0.25) is 0 Å². The molecule has 1 fully saturated rings. The van der Waals surface area contributed by atoms with Crippen LogP contribution >= 0.6 is 0 Å². The maximum atomic E-state index is 9.04. The van der Waals surface area contributed by atoms with Crippen molar-refractivity contribution in [1.82, 2.24) is 0 Å². The average Bonchev–Trinajstić information content (AvgIpc) is 2.17. The molecule has 1 heterocycles. The van der Waals surface area contributed by atoms with Gasteiger partial charge in [0.05, 0.1) is 12.6 Å². The van der Waals surface area contributed by atoms with Crippen molar-refractivity contribution in [2.45, 2.75) is 12.5 Å². The number of aliphatic hydroxyl groups excluding tert-OH is 1. The zero-order valence-corrected chi connectivity index (χ0v) is 8.37. The highest BCUT2D eigenvalue weighted by molar-refractivity contribution is 6.58. The van der Waals surface area contributed by atoms with Gasteiger partial charge in [-0.2, -0.15) is 0 Å². The zero-order valence-electron chi connectivity index (χ0n) is 8.37. The molecule has 0 bridgehead atoms. The summed E-state index contributed by atoms with van der Waals surface area (Å²) in [6.07, 6.45) is 1.01. The van der Waals surface area contributed by atoms with Gasteiger partial charge in [-0.3, -0.25) is 0 Å². The van der Waals surface area contributed by atoms with Crippen molar-refractivity contribution >= 4 is 18.3 Å². The smallest absolute Gasteiger partial charge is 0.423 e. The standard InChI is InChI=1S/C10H14BNO3/c13-7-10-5-6-12(10)9-3-1-8(2-4-9)11(14)15/h1-4,10,13-15H,5-7H2/t10-/m0/s1. The molecule has 4 nitrogen and oxygen atoms in total. The van der Waals surface area contributed by atoms with E-state index in [-0.39, 0.29) is 12.6 Å². The average molecular weight is 207 g/mol. The molecule has 0 unspecified atom stereocenters. The van der Waals surface area contributed by atoms with Crippen molar-refractivity contribution in [2.75, 3.05) is 18.1 Å². The summed E-state index contributed by atoms with van der Waals surface area (Å²) in [7, 11) is -1.41. The van der Waals surface area contributed by atoms with Crippen molar-refractivity contribution in [2.24, 2.45) is 0 Å². The van der Waals surface area contributed by atoms with Gasteiger partial charge in [-0.25, -0.2) is 0 Å². The first kappa shape index (κ1) is 10.5. The molecule has 0 spiro atoms. The fourth-order valence-electron chi connectivity index (χ4n) is 1.81. The number of aliphatic hydroxyl groups is 1. The number of anilines is 1. The number of nitrogens with zero attached hydrogens (tertiary/aromatic N) is 1. The van der Waals surface area contributed by atoms with Gasteiger partial charge in [-0.1, -0.05) is 12.1 Å². The van der Waals surface area contributed by atoms with E-state index < -0.39 is 7.12 Å². The molecule has 1 atom stereocenters. The van der Waals surface area contributed by atoms with Gasteiger partial charge in [-0.15, -0.1) is 0 Å². The predicted molar refractivity (Wildman–Crippen MR) is 59.1 cm³/mol. The minimum Gasteiger partial charge on any atom is -0.423 e. The van der Waals surface area contributed by atoms with Crippen LogP contribution in [0.15, 0.2) is 24.3 Å². The quantitative estimate of drug-likeness (QED) is 0.552. The molecule has 3 N–H and O–H groups in total. The molecule has 1 aromatic rings. The second-order valence-electron chi connectivity index (χ2n) is 3.78. The van der Waals surface area contributed by atoms with Crippen LogP contribution in [0, 0.1) is 0 Å². The van der Waals surface area contributed by atoms with E-state index in [1.165, 1.54) is 0 Å². The summed E-state index contributed by atoms with van der Waals surface area (Å²) in [5, 5.41) is 26.9. The fraction of sp³-hybridized carbons (Fsp3) is 0.400. The van der Waals surface area contributed by atoms with Gasteiger partial charge in [0.15, 0.2) is 0 Å². The van der Waals surface area contributed by atoms with Crippen LogP contribution in [0.1, 0.15) is 6.42 Å². The summed E-state index contributed by atoms with van der Waals surface area (Å²) >= 11 is 0. The lowest BCUT2D eigenvalue weighted by Crippen LogP contribution is -2.50. The second-order valence-corrected chi connectivity index (χ2v) is 3.78. The summed E-state index contributed by atoms with van der Waals surface area (Å²) in [5.74, 6) is 0. The summed E-state index contributed by atoms with van der Waals surface area (Å²) in [6, 6.07) is 7.28. The Morgan fingerprint density at radius 2 is 1.93 bits per heavy atom. The molecule has 0 radical (unpaired) electrons. The van der Waals surface area contributed by atoms with Gasteiger partial charge in [0.1, 0.15) is 0 Å². The Morgan fingerprint density at radius 1 is 1.27 bits per heavy atom. The van der Waals surface area contributed by atoms with Crippen LogP contribution < -0.4 is 10.4 Å². The van der Waals surface area contributed by atoms with E-state index >= 15 is 0 Å². The first-order valence-corrected chi connectivity index (χ1v) is 5.06. The topological polar surface area (TPSA) is 63.9 Å². The summed E-state index contributed by atoms with van der Waals surface area (Å²) in [4.78, 5) is 2.10. The lowest BCUT2D eigenvalue weighted by atomic mass is 9.80. The van der Waals surface area contributed by atoms with Crippen LogP contribution in [0.2, 0.25) is 0 Å². The number of hydrogen-bond donors (Lipinski definition) is 3. The van der Waals surface area contributed by atoms with E-state index in [1.807, 2.05) is 12.1 Å². The molecular weight excluding hydrogens is 193 g/mol. The molecule has 0 aliphatic carbocycles. The third kappa shape index (κ3) is 1.99. The highest BCUT2D eigenvalue weighted by atomic mass is 16.4. The van der Waals surface area contributed by atoms with E-state index in [2.05, 4.69) is 4.90 Å². The first-order valence-electron chi connectivity index (χ1n) is 5.06. The molecule has 5 heteroatoms. The molecule has 0 saturated carbocycles. The Hall–Kier alpha value is -1.04. The number of hydrogen-bond acceptors (Lipinski definition) is 4. The second kappa shape index (κ2) is 4.22. The maximum absolute atomic E-state index is 9.04. The van der Waals surface area contributed by atoms with Gasteiger partial charge in [-0.05, 0) is 24.0 Å². The van der Waals surface area contributed by atoms with Crippen molar-refractivity contribution in [3.05, 3.63) is 24.3 Å². The van der Waals surface area contributed by atoms with E-state index in [0.717, 1.165) is 18.7 Å². The maximum Gasteiger partial charge on any atom is 0.488 e. The molecule has 1 saturated heterocycles. The molecular formula is C10H14BNO3. The van der Waals surface area contributed by atoms with Gasteiger partial charge in [0, 0.05) is 12.2 Å². The van der Waals surface area contributed by atoms with Crippen molar-refractivity contribution in [3.8, 4) is 0 Å². The summed E-state index contributed by atoms with van der Waals surface area (Å²) in [6.45, 7) is 1.12. The Balaban J connectivity index is 2.10. The van der Waals surface area contributed by atoms with Crippen LogP contribution in [-0.2, 0) is 0 Å². The van der Waals surface area contributed by atoms with E-state index in [1.54, 1.807) is 12.1 Å². The molecule has 80 valence electrons. The van der Waals surface area contributed by atoms with Crippen molar-refractivity contribution in [1.29, 1.82) is 0 Å². The number of benzene rings is 1. The van der Waals surface area contributed by atoms with E-state index in [4.69, 9.17) is 15.2 Å². The first-order chi connectivity index (χ1) is 7.22. The van der Waals surface area contributed by atoms with Gasteiger partial charge < -0.3 is 20.1 Å². The Morgan fingerprint density at radius 3 is 2.33 bits per heavy atom. The minimum atomic E-state index is -1.41. The fourth-order valence-corrected chi connectivity index (χ4v) is 1.81. The lowest BCUT2D eigenvalue weighted by molar-refractivity contribution is 0.226. The van der Waals surface area contributed by atoms with Crippen LogP contribution in [0.5, 0.6) is 0 Å². The van der Waals surface area contributed by atoms with Crippen LogP contribution in [0.3, 0.4) is 0 Å². The molecule has 1 aliphatic heterocycles. The highest BCUT2D eigenvalue weighted by Crippen LogP contribution is 2.25. The third-order valence-electron chi connectivity index (χ3n) is 2.88. The SMILES string of the molecule is OC[C@@H]1CCN1c1ccc(B(O)O)cc1. The molecule has 0 amide bonds. The largest absolute Gasteiger partial charge is 0.488 e. The Bertz CT molecular complexity index is 326. The normalized spacial score (nSPS) is 19.9. The number of rotatable bonds is 3. The van der Waals surface area contributed by atoms with Crippen LogP contribution in [0.4, 0.5) is 5.69 Å². The molecule has 1 aromatic carbocycles. The van der Waals surface area contributed by atoms with Gasteiger partial charge in [0.25, 0.3) is 0 Å². The monoisotopic (exact) mass is 207 g/mol. The Labute approximate surface area is 88.9 Å². The van der Waals surface area contributed by atoms with Crippen molar-refractivity contribution in [3.63, 3.8) is 0 Å².